The van der Waals surface area contributed by atoms with Crippen molar-refractivity contribution in [2.24, 2.45) is 9.98 Å². The zero-order valence-corrected chi connectivity index (χ0v) is 38.7. The van der Waals surface area contributed by atoms with E-state index in [1.54, 1.807) is 0 Å². The van der Waals surface area contributed by atoms with Crippen LogP contribution in [0.2, 0.25) is 0 Å². The summed E-state index contributed by atoms with van der Waals surface area (Å²) < 4.78 is 6.93. The van der Waals surface area contributed by atoms with Gasteiger partial charge in [-0.25, -0.2) is 9.98 Å². The molecular formula is C66H49N3O. The maximum atomic E-state index is 6.93. The summed E-state index contributed by atoms with van der Waals surface area (Å²) in [7, 11) is 0. The Morgan fingerprint density at radius 2 is 0.914 bits per heavy atom. The van der Waals surface area contributed by atoms with Gasteiger partial charge in [0.15, 0.2) is 5.84 Å². The van der Waals surface area contributed by atoms with Crippen molar-refractivity contribution < 1.29 is 4.42 Å². The second kappa shape index (κ2) is 19.0. The van der Waals surface area contributed by atoms with E-state index in [2.05, 4.69) is 254 Å². The Hall–Kier alpha value is -8.86. The van der Waals surface area contributed by atoms with Crippen LogP contribution in [0.5, 0.6) is 0 Å². The lowest BCUT2D eigenvalue weighted by Crippen LogP contribution is -2.27. The molecule has 0 radical (unpaired) electrons. The monoisotopic (exact) mass is 899 g/mol. The second-order valence-corrected chi connectivity index (χ2v) is 17.9. The number of amidine groups is 1. The van der Waals surface area contributed by atoms with Crippen molar-refractivity contribution in [3.05, 3.63) is 276 Å². The molecule has 0 saturated heterocycles. The van der Waals surface area contributed by atoms with E-state index in [1.807, 2.05) is 0 Å². The molecule has 0 N–H and O–H groups in total. The molecule has 2 aliphatic rings. The first kappa shape index (κ1) is 42.5. The zero-order valence-electron chi connectivity index (χ0n) is 38.7. The third kappa shape index (κ3) is 8.52. The average molecular weight is 900 g/mol. The number of hydrogen-bond acceptors (Lipinski definition) is 4. The van der Waals surface area contributed by atoms with Crippen LogP contribution in [0.1, 0.15) is 47.9 Å². The topological polar surface area (TPSA) is 41.1 Å². The molecule has 0 bridgehead atoms. The van der Waals surface area contributed by atoms with Crippen LogP contribution in [0.25, 0.3) is 61.7 Å². The van der Waals surface area contributed by atoms with Gasteiger partial charge in [-0.3, -0.25) is 0 Å². The lowest BCUT2D eigenvalue weighted by atomic mass is 9.90. The van der Waals surface area contributed by atoms with Gasteiger partial charge in [0.25, 0.3) is 0 Å². The molecule has 334 valence electrons. The summed E-state index contributed by atoms with van der Waals surface area (Å²) in [6.07, 6.45) is 7.92. The predicted octanol–water partition coefficient (Wildman–Crippen LogP) is 15.7. The molecule has 0 amide bonds. The van der Waals surface area contributed by atoms with E-state index in [0.29, 0.717) is 5.84 Å². The number of benzene rings is 9. The highest BCUT2D eigenvalue weighted by molar-refractivity contribution is 6.14. The molecular weight excluding hydrogens is 851 g/mol. The molecule has 2 heterocycles. The number of para-hydroxylation sites is 1. The van der Waals surface area contributed by atoms with Gasteiger partial charge in [0, 0.05) is 44.9 Å². The molecule has 0 spiro atoms. The quantitative estimate of drug-likeness (QED) is 0.137. The average Bonchev–Trinajstić information content (AvgIpc) is 3.81. The van der Waals surface area contributed by atoms with Crippen molar-refractivity contribution in [2.75, 3.05) is 4.90 Å². The number of rotatable bonds is 10. The Kier molecular flexibility index (Phi) is 11.6. The number of aliphatic imine (C=N–C) groups is 2. The number of allylic oxidation sites excluding steroid dienone is 1. The van der Waals surface area contributed by atoms with Gasteiger partial charge in [-0.1, -0.05) is 188 Å². The first-order valence-corrected chi connectivity index (χ1v) is 24.2. The third-order valence-electron chi connectivity index (χ3n) is 13.4. The van der Waals surface area contributed by atoms with E-state index in [0.717, 1.165) is 115 Å². The minimum atomic E-state index is 0.703. The molecule has 1 aromatic heterocycles. The van der Waals surface area contributed by atoms with Gasteiger partial charge in [0.05, 0.1) is 11.4 Å². The summed E-state index contributed by atoms with van der Waals surface area (Å²) in [6, 6.07) is 84.0. The zero-order chi connectivity index (χ0) is 46.6. The molecule has 1 aliphatic carbocycles. The molecule has 0 saturated carbocycles. The Labute approximate surface area is 408 Å². The van der Waals surface area contributed by atoms with Crippen molar-refractivity contribution in [1.82, 2.24) is 0 Å². The summed E-state index contributed by atoms with van der Waals surface area (Å²) in [5.41, 5.74) is 19.4. The highest BCUT2D eigenvalue weighted by Gasteiger charge is 2.22. The van der Waals surface area contributed by atoms with Gasteiger partial charge in [-0.2, -0.15) is 0 Å². The Morgan fingerprint density at radius 1 is 0.371 bits per heavy atom. The van der Waals surface area contributed by atoms with E-state index in [1.165, 1.54) is 22.3 Å². The van der Waals surface area contributed by atoms with Crippen LogP contribution < -0.4 is 15.5 Å². The van der Waals surface area contributed by atoms with Crippen LogP contribution in [0.15, 0.2) is 257 Å². The fourth-order valence-corrected chi connectivity index (χ4v) is 10.1. The van der Waals surface area contributed by atoms with Gasteiger partial charge in [0.2, 0.25) is 0 Å². The summed E-state index contributed by atoms with van der Waals surface area (Å²) in [5.74, 6) is 0.703. The van der Waals surface area contributed by atoms with Gasteiger partial charge in [-0.05, 0) is 130 Å². The van der Waals surface area contributed by atoms with E-state index in [4.69, 9.17) is 14.4 Å². The SMILES string of the molecule is C1=c2oc3cc(N(c4ccccc4)c4cc(-c5ccccc5)cc(-c5ccccc5)c4)ccc3c2=C(c2ccccc2C2=C/CC/C(c3ccccc3)=N/C(c3cccc(-c4ccccc4)c3)=N\2)CC1. The van der Waals surface area contributed by atoms with Crippen molar-refractivity contribution in [2.45, 2.75) is 25.7 Å². The number of hydrogen-bond donors (Lipinski definition) is 0. The number of fused-ring (bicyclic) bond motifs is 3. The fraction of sp³-hybridized carbons (Fsp3) is 0.0606. The molecule has 0 unspecified atom stereocenters. The number of nitrogens with zero attached hydrogens (tertiary/aromatic N) is 3. The van der Waals surface area contributed by atoms with Crippen molar-refractivity contribution >= 4 is 56.9 Å². The van der Waals surface area contributed by atoms with Crippen LogP contribution in [0, 0.1) is 0 Å². The standard InChI is InChI=1S/C66H49N3O/c1-6-21-46(22-7-1)50-29-18-30-51(41-50)66-67-61(49-27-12-4-13-28-49)36-20-37-62(68-66)58-34-17-16-33-57(58)59-35-19-38-63-65(59)60-40-39-55(45-64(60)70-63)69(54-31-14-5-15-32-54)56-43-52(47-23-8-2-9-24-47)42-53(44-56)48-25-10-3-11-26-48/h1-18,21-34,37-45H,19-20,35-36H2/b62-37-,67-61-,68-66-. The Balaban J connectivity index is 0.991. The van der Waals surface area contributed by atoms with Gasteiger partial charge < -0.3 is 9.32 Å². The van der Waals surface area contributed by atoms with Crippen molar-refractivity contribution in [3.8, 4) is 33.4 Å². The third-order valence-corrected chi connectivity index (χ3v) is 13.4. The summed E-state index contributed by atoms with van der Waals surface area (Å²) >= 11 is 0. The lowest BCUT2D eigenvalue weighted by Gasteiger charge is -2.27. The lowest BCUT2D eigenvalue weighted by molar-refractivity contribution is 0.571. The molecule has 70 heavy (non-hydrogen) atoms. The molecule has 0 atom stereocenters. The highest BCUT2D eigenvalue weighted by atomic mass is 16.3. The first-order valence-electron chi connectivity index (χ1n) is 24.2. The number of furan rings is 1. The molecule has 9 aromatic carbocycles. The molecule has 4 nitrogen and oxygen atoms in total. The van der Waals surface area contributed by atoms with Crippen molar-refractivity contribution in [1.29, 1.82) is 0 Å². The van der Waals surface area contributed by atoms with Crippen LogP contribution >= 0.6 is 0 Å². The molecule has 10 aromatic rings. The molecule has 0 fully saturated rings. The Bertz CT molecular complexity index is 3680. The largest absolute Gasteiger partial charge is 0.456 e. The van der Waals surface area contributed by atoms with E-state index < -0.39 is 0 Å². The van der Waals surface area contributed by atoms with Crippen molar-refractivity contribution in [3.63, 3.8) is 0 Å². The van der Waals surface area contributed by atoms with Crippen LogP contribution in [-0.4, -0.2) is 11.5 Å². The second-order valence-electron chi connectivity index (χ2n) is 17.9. The maximum absolute atomic E-state index is 6.93. The Morgan fingerprint density at radius 3 is 1.59 bits per heavy atom. The normalized spacial score (nSPS) is 15.8. The van der Waals surface area contributed by atoms with Crippen LogP contribution in [0.3, 0.4) is 0 Å². The maximum Gasteiger partial charge on any atom is 0.160 e. The molecule has 12 rings (SSSR count). The summed E-state index contributed by atoms with van der Waals surface area (Å²) in [5, 5.41) is 2.25. The van der Waals surface area contributed by atoms with E-state index >= 15 is 0 Å². The van der Waals surface area contributed by atoms with Crippen LogP contribution in [-0.2, 0) is 0 Å². The first-order chi connectivity index (χ1) is 34.7. The van der Waals surface area contributed by atoms with Gasteiger partial charge in [-0.15, -0.1) is 0 Å². The predicted molar refractivity (Wildman–Crippen MR) is 292 cm³/mol. The number of anilines is 3. The smallest absolute Gasteiger partial charge is 0.160 e. The highest BCUT2D eigenvalue weighted by Crippen LogP contribution is 2.41. The van der Waals surface area contributed by atoms with Gasteiger partial charge >= 0.3 is 0 Å². The van der Waals surface area contributed by atoms with Crippen LogP contribution in [0.4, 0.5) is 17.1 Å². The minimum Gasteiger partial charge on any atom is -0.456 e. The van der Waals surface area contributed by atoms with Gasteiger partial charge in [0.1, 0.15) is 11.0 Å². The summed E-state index contributed by atoms with van der Waals surface area (Å²) in [4.78, 5) is 13.3. The van der Waals surface area contributed by atoms with E-state index in [-0.39, 0.29) is 0 Å². The van der Waals surface area contributed by atoms with E-state index in [9.17, 15) is 0 Å². The fourth-order valence-electron chi connectivity index (χ4n) is 10.1. The molecule has 1 aliphatic heterocycles. The summed E-state index contributed by atoms with van der Waals surface area (Å²) in [6.45, 7) is 0. The molecule has 4 heteroatoms. The minimum absolute atomic E-state index is 0.703.